The lowest BCUT2D eigenvalue weighted by molar-refractivity contribution is 0.102. The van der Waals surface area contributed by atoms with Gasteiger partial charge in [0.05, 0.1) is 17.9 Å². The van der Waals surface area contributed by atoms with Crippen LogP contribution in [0.25, 0.3) is 0 Å². The van der Waals surface area contributed by atoms with Gasteiger partial charge in [-0.2, -0.15) is 0 Å². The van der Waals surface area contributed by atoms with Gasteiger partial charge in [0.2, 0.25) is 0 Å². The molecule has 4 nitrogen and oxygen atoms in total. The van der Waals surface area contributed by atoms with Crippen LogP contribution in [0.2, 0.25) is 0 Å². The van der Waals surface area contributed by atoms with Gasteiger partial charge in [-0.25, -0.2) is 4.39 Å². The second-order valence-corrected chi connectivity index (χ2v) is 5.17. The van der Waals surface area contributed by atoms with Crippen molar-refractivity contribution in [1.29, 1.82) is 0 Å². The first-order chi connectivity index (χ1) is 10.0. The van der Waals surface area contributed by atoms with Crippen LogP contribution in [0.5, 0.6) is 5.75 Å². The molecule has 1 amide bonds. The number of ether oxygens (including phenoxy) is 1. The zero-order valence-corrected chi connectivity index (χ0v) is 12.9. The summed E-state index contributed by atoms with van der Waals surface area (Å²) in [7, 11) is 0. The van der Waals surface area contributed by atoms with E-state index in [1.807, 2.05) is 0 Å². The Morgan fingerprint density at radius 3 is 2.76 bits per heavy atom. The molecule has 0 spiro atoms. The van der Waals surface area contributed by atoms with Crippen LogP contribution >= 0.6 is 15.9 Å². The second kappa shape index (κ2) is 6.58. The van der Waals surface area contributed by atoms with Gasteiger partial charge < -0.3 is 15.8 Å². The lowest BCUT2D eigenvalue weighted by Gasteiger charge is -2.12. The summed E-state index contributed by atoms with van der Waals surface area (Å²) in [6.07, 6.45) is 0. The van der Waals surface area contributed by atoms with Gasteiger partial charge in [0, 0.05) is 16.2 Å². The minimum atomic E-state index is -0.431. The molecule has 0 radical (unpaired) electrons. The Kier molecular flexibility index (Phi) is 4.80. The van der Waals surface area contributed by atoms with Crippen LogP contribution in [-0.4, -0.2) is 12.5 Å². The van der Waals surface area contributed by atoms with Crippen molar-refractivity contribution in [3.8, 4) is 5.75 Å². The first-order valence-corrected chi connectivity index (χ1v) is 7.09. The van der Waals surface area contributed by atoms with Crippen LogP contribution in [0.15, 0.2) is 40.9 Å². The van der Waals surface area contributed by atoms with Crippen LogP contribution in [0.4, 0.5) is 15.8 Å². The first-order valence-electron chi connectivity index (χ1n) is 6.30. The van der Waals surface area contributed by atoms with E-state index in [0.29, 0.717) is 23.5 Å². The van der Waals surface area contributed by atoms with Gasteiger partial charge in [0.25, 0.3) is 5.91 Å². The van der Waals surface area contributed by atoms with E-state index in [-0.39, 0.29) is 11.7 Å². The summed E-state index contributed by atoms with van der Waals surface area (Å²) >= 11 is 3.28. The minimum Gasteiger partial charge on any atom is -0.492 e. The van der Waals surface area contributed by atoms with Crippen molar-refractivity contribution in [2.24, 2.45) is 0 Å². The van der Waals surface area contributed by atoms with Crippen molar-refractivity contribution in [1.82, 2.24) is 0 Å². The van der Waals surface area contributed by atoms with Gasteiger partial charge in [0.1, 0.15) is 11.6 Å². The summed E-state index contributed by atoms with van der Waals surface area (Å²) < 4.78 is 19.3. The van der Waals surface area contributed by atoms with Crippen LogP contribution in [-0.2, 0) is 0 Å². The number of nitrogen functional groups attached to an aromatic ring is 1. The molecule has 3 N–H and O–H groups in total. The standard InChI is InChI=1S/C15H14BrFN2O2/c1-2-21-14-8-10(17)4-6-13(14)19-15(20)11-5-3-9(16)7-12(11)18/h3-8H,2,18H2,1H3,(H,19,20). The summed E-state index contributed by atoms with van der Waals surface area (Å²) in [6, 6.07) is 8.90. The highest BCUT2D eigenvalue weighted by atomic mass is 79.9. The Morgan fingerprint density at radius 1 is 1.33 bits per heavy atom. The molecule has 0 saturated heterocycles. The average molecular weight is 353 g/mol. The molecule has 0 atom stereocenters. The maximum atomic E-state index is 13.2. The van der Waals surface area contributed by atoms with Gasteiger partial charge in [-0.15, -0.1) is 0 Å². The van der Waals surface area contributed by atoms with Crippen LogP contribution in [0, 0.1) is 5.82 Å². The molecule has 0 aromatic heterocycles. The monoisotopic (exact) mass is 352 g/mol. The highest BCUT2D eigenvalue weighted by Crippen LogP contribution is 2.27. The third kappa shape index (κ3) is 3.72. The number of rotatable bonds is 4. The summed E-state index contributed by atoms with van der Waals surface area (Å²) in [4.78, 5) is 12.2. The fourth-order valence-electron chi connectivity index (χ4n) is 1.80. The predicted octanol–water partition coefficient (Wildman–Crippen LogP) is 3.82. The lowest BCUT2D eigenvalue weighted by Crippen LogP contribution is -2.15. The zero-order valence-electron chi connectivity index (χ0n) is 11.3. The number of carbonyl (C=O) groups is 1. The zero-order chi connectivity index (χ0) is 15.4. The molecular formula is C15H14BrFN2O2. The predicted molar refractivity (Wildman–Crippen MR) is 84.1 cm³/mol. The quantitative estimate of drug-likeness (QED) is 0.822. The van der Waals surface area contributed by atoms with Gasteiger partial charge in [-0.05, 0) is 37.3 Å². The number of halogens is 2. The Labute approximate surface area is 130 Å². The number of nitrogens with one attached hydrogen (secondary N) is 1. The molecule has 6 heteroatoms. The van der Waals surface area contributed by atoms with Crippen LogP contribution in [0.3, 0.4) is 0 Å². The van der Waals surface area contributed by atoms with Gasteiger partial charge in [-0.3, -0.25) is 4.79 Å². The molecule has 0 saturated carbocycles. The van der Waals surface area contributed by atoms with Gasteiger partial charge in [-0.1, -0.05) is 15.9 Å². The minimum absolute atomic E-state index is 0.279. The number of nitrogens with two attached hydrogens (primary N) is 1. The molecule has 0 unspecified atom stereocenters. The molecule has 21 heavy (non-hydrogen) atoms. The lowest BCUT2D eigenvalue weighted by atomic mass is 10.1. The van der Waals surface area contributed by atoms with Crippen molar-refractivity contribution in [3.05, 3.63) is 52.3 Å². The van der Waals surface area contributed by atoms with Crippen molar-refractivity contribution in [2.45, 2.75) is 6.92 Å². The van der Waals surface area contributed by atoms with E-state index in [2.05, 4.69) is 21.2 Å². The number of amides is 1. The molecule has 0 fully saturated rings. The highest BCUT2D eigenvalue weighted by Gasteiger charge is 2.13. The molecule has 0 aliphatic rings. The number of hydrogen-bond acceptors (Lipinski definition) is 3. The number of anilines is 2. The first kappa shape index (κ1) is 15.3. The molecule has 0 bridgehead atoms. The number of benzene rings is 2. The summed E-state index contributed by atoms with van der Waals surface area (Å²) in [5.41, 5.74) is 6.90. The normalized spacial score (nSPS) is 10.2. The Morgan fingerprint density at radius 2 is 2.10 bits per heavy atom. The molecule has 0 aliphatic carbocycles. The third-order valence-electron chi connectivity index (χ3n) is 2.75. The Bertz CT molecular complexity index is 677. The van der Waals surface area contributed by atoms with Gasteiger partial charge in [0.15, 0.2) is 0 Å². The molecular weight excluding hydrogens is 339 g/mol. The maximum Gasteiger partial charge on any atom is 0.257 e. The average Bonchev–Trinajstić information content (AvgIpc) is 2.42. The fourth-order valence-corrected chi connectivity index (χ4v) is 2.18. The number of carbonyl (C=O) groups excluding carboxylic acids is 1. The van der Waals surface area contributed by atoms with Crippen LogP contribution in [0.1, 0.15) is 17.3 Å². The smallest absolute Gasteiger partial charge is 0.257 e. The summed E-state index contributed by atoms with van der Waals surface area (Å²) in [6.45, 7) is 2.15. The van der Waals surface area contributed by atoms with Gasteiger partial charge >= 0.3 is 0 Å². The molecule has 0 heterocycles. The molecule has 2 rings (SSSR count). The van der Waals surface area contributed by atoms with Crippen molar-refractivity contribution in [2.75, 3.05) is 17.7 Å². The fraction of sp³-hybridized carbons (Fsp3) is 0.133. The maximum absolute atomic E-state index is 13.2. The van der Waals surface area contributed by atoms with E-state index in [9.17, 15) is 9.18 Å². The van der Waals surface area contributed by atoms with E-state index < -0.39 is 5.82 Å². The van der Waals surface area contributed by atoms with E-state index in [4.69, 9.17) is 10.5 Å². The van der Waals surface area contributed by atoms with Crippen molar-refractivity contribution >= 4 is 33.2 Å². The SMILES string of the molecule is CCOc1cc(F)ccc1NC(=O)c1ccc(Br)cc1N. The topological polar surface area (TPSA) is 64.3 Å². The van der Waals surface area contributed by atoms with Crippen molar-refractivity contribution in [3.63, 3.8) is 0 Å². The molecule has 0 aliphatic heterocycles. The number of hydrogen-bond donors (Lipinski definition) is 2. The highest BCUT2D eigenvalue weighted by molar-refractivity contribution is 9.10. The Balaban J connectivity index is 2.27. The molecule has 2 aromatic carbocycles. The Hall–Kier alpha value is -2.08. The molecule has 2 aromatic rings. The van der Waals surface area contributed by atoms with E-state index >= 15 is 0 Å². The van der Waals surface area contributed by atoms with E-state index in [1.54, 1.807) is 25.1 Å². The summed E-state index contributed by atoms with van der Waals surface area (Å²) in [5, 5.41) is 2.67. The van der Waals surface area contributed by atoms with E-state index in [1.165, 1.54) is 18.2 Å². The third-order valence-corrected chi connectivity index (χ3v) is 3.24. The van der Waals surface area contributed by atoms with E-state index in [0.717, 1.165) is 4.47 Å². The van der Waals surface area contributed by atoms with Crippen LogP contribution < -0.4 is 15.8 Å². The second-order valence-electron chi connectivity index (χ2n) is 4.26. The molecule has 110 valence electrons. The van der Waals surface area contributed by atoms with Crippen molar-refractivity contribution < 1.29 is 13.9 Å². The summed E-state index contributed by atoms with van der Waals surface area (Å²) in [5.74, 6) is -0.534. The largest absolute Gasteiger partial charge is 0.492 e.